The van der Waals surface area contributed by atoms with Gasteiger partial charge in [-0.2, -0.15) is 0 Å². The summed E-state index contributed by atoms with van der Waals surface area (Å²) in [5.74, 6) is -1.17. The predicted molar refractivity (Wildman–Crippen MR) is 128 cm³/mol. The first-order valence-electron chi connectivity index (χ1n) is 11.9. The Kier molecular flexibility index (Phi) is 6.91. The number of hydrogen-bond acceptors (Lipinski definition) is 4. The van der Waals surface area contributed by atoms with Crippen LogP contribution in [0.1, 0.15) is 63.0 Å². The molecule has 0 aliphatic heterocycles. The number of alkyl carbamates (subject to hydrolysis) is 1. The van der Waals surface area contributed by atoms with Gasteiger partial charge in [-0.05, 0) is 61.8 Å². The number of aliphatic carboxylic acids is 1. The highest BCUT2D eigenvalue weighted by atomic mass is 16.5. The summed E-state index contributed by atoms with van der Waals surface area (Å²) in [6, 6.07) is 16.3. The number of ether oxygens (including phenoxy) is 1. The van der Waals surface area contributed by atoms with Crippen molar-refractivity contribution in [3.05, 3.63) is 59.7 Å². The molecule has 4 rings (SSSR count). The van der Waals surface area contributed by atoms with E-state index in [2.05, 4.69) is 34.9 Å². The number of carbonyl (C=O) groups excluding carboxylic acids is 2. The molecule has 2 atom stereocenters. The molecule has 7 heteroatoms. The van der Waals surface area contributed by atoms with E-state index in [0.29, 0.717) is 25.7 Å². The van der Waals surface area contributed by atoms with Gasteiger partial charge in [-0.15, -0.1) is 0 Å². The van der Waals surface area contributed by atoms with Crippen LogP contribution in [0.5, 0.6) is 0 Å². The van der Waals surface area contributed by atoms with Gasteiger partial charge < -0.3 is 20.5 Å². The van der Waals surface area contributed by atoms with Crippen molar-refractivity contribution in [2.45, 2.75) is 63.5 Å². The Morgan fingerprint density at radius 2 is 1.62 bits per heavy atom. The molecule has 2 aromatic carbocycles. The summed E-state index contributed by atoms with van der Waals surface area (Å²) in [6.07, 6.45) is 1.83. The number of benzene rings is 2. The summed E-state index contributed by atoms with van der Waals surface area (Å²) in [4.78, 5) is 36.0. The molecule has 2 aliphatic carbocycles. The van der Waals surface area contributed by atoms with Crippen LogP contribution in [0.3, 0.4) is 0 Å². The number of carboxylic acids is 1. The van der Waals surface area contributed by atoms with Crippen molar-refractivity contribution < 1.29 is 24.2 Å². The summed E-state index contributed by atoms with van der Waals surface area (Å²) >= 11 is 0. The summed E-state index contributed by atoms with van der Waals surface area (Å²) < 4.78 is 5.63. The maximum absolute atomic E-state index is 12.7. The van der Waals surface area contributed by atoms with Crippen molar-refractivity contribution in [3.63, 3.8) is 0 Å². The molecule has 0 aromatic heterocycles. The third-order valence-corrected chi connectivity index (χ3v) is 6.89. The molecule has 0 heterocycles. The Bertz CT molecular complexity index is 1030. The molecule has 1 saturated carbocycles. The molecule has 0 radical (unpaired) electrons. The maximum Gasteiger partial charge on any atom is 0.407 e. The van der Waals surface area contributed by atoms with Gasteiger partial charge in [0.05, 0.1) is 0 Å². The van der Waals surface area contributed by atoms with E-state index in [0.717, 1.165) is 0 Å². The number of rotatable bonds is 8. The molecule has 0 unspecified atom stereocenters. The van der Waals surface area contributed by atoms with E-state index in [1.165, 1.54) is 22.3 Å². The molecule has 2 amide bonds. The lowest BCUT2D eigenvalue weighted by atomic mass is 9.96. The van der Waals surface area contributed by atoms with Gasteiger partial charge >= 0.3 is 12.1 Å². The van der Waals surface area contributed by atoms with Gasteiger partial charge in [0.1, 0.15) is 6.61 Å². The fourth-order valence-corrected chi connectivity index (χ4v) is 5.07. The highest BCUT2D eigenvalue weighted by molar-refractivity contribution is 5.80. The van der Waals surface area contributed by atoms with Gasteiger partial charge in [0.15, 0.2) is 0 Å². The summed E-state index contributed by atoms with van der Waals surface area (Å²) in [6.45, 7) is 3.92. The van der Waals surface area contributed by atoms with Crippen LogP contribution >= 0.6 is 0 Å². The van der Waals surface area contributed by atoms with E-state index in [4.69, 9.17) is 9.84 Å². The molecule has 3 N–H and O–H groups in total. The van der Waals surface area contributed by atoms with Gasteiger partial charge in [-0.25, -0.2) is 4.79 Å². The van der Waals surface area contributed by atoms with Gasteiger partial charge in [-0.1, -0.05) is 48.5 Å². The van der Waals surface area contributed by atoms with Crippen LogP contribution < -0.4 is 10.6 Å². The molecule has 180 valence electrons. The Labute approximate surface area is 199 Å². The highest BCUT2D eigenvalue weighted by Gasteiger charge is 2.34. The Hall–Kier alpha value is -3.35. The van der Waals surface area contributed by atoms with Gasteiger partial charge in [0.2, 0.25) is 5.91 Å². The van der Waals surface area contributed by atoms with E-state index in [1.54, 1.807) is 0 Å². The number of carbonyl (C=O) groups is 3. The number of carboxylic acid groups (broad SMARTS) is 1. The Morgan fingerprint density at radius 3 is 2.24 bits per heavy atom. The topological polar surface area (TPSA) is 105 Å². The van der Waals surface area contributed by atoms with Gasteiger partial charge in [-0.3, -0.25) is 9.59 Å². The van der Waals surface area contributed by atoms with Gasteiger partial charge in [0, 0.05) is 29.8 Å². The third kappa shape index (κ3) is 5.41. The minimum Gasteiger partial charge on any atom is -0.481 e. The molecule has 2 aromatic rings. The van der Waals surface area contributed by atoms with Crippen LogP contribution in [0.25, 0.3) is 11.1 Å². The van der Waals surface area contributed by atoms with Crippen LogP contribution in [0.4, 0.5) is 4.79 Å². The van der Waals surface area contributed by atoms with E-state index >= 15 is 0 Å². The first-order chi connectivity index (χ1) is 16.2. The monoisotopic (exact) mass is 464 g/mol. The smallest absolute Gasteiger partial charge is 0.407 e. The Morgan fingerprint density at radius 1 is 1.00 bits per heavy atom. The average molecular weight is 465 g/mol. The van der Waals surface area contributed by atoms with E-state index in [-0.39, 0.29) is 36.8 Å². The summed E-state index contributed by atoms with van der Waals surface area (Å²) in [7, 11) is 0. The summed E-state index contributed by atoms with van der Waals surface area (Å²) in [5, 5.41) is 14.8. The number of fused-ring (bicyclic) bond motifs is 3. The summed E-state index contributed by atoms with van der Waals surface area (Å²) in [5.41, 5.74) is 4.11. The predicted octanol–water partition coefficient (Wildman–Crippen LogP) is 4.45. The van der Waals surface area contributed by atoms with E-state index < -0.39 is 17.6 Å². The second-order valence-electron chi connectivity index (χ2n) is 9.94. The molecule has 34 heavy (non-hydrogen) atoms. The molecule has 1 fully saturated rings. The highest BCUT2D eigenvalue weighted by Crippen LogP contribution is 2.44. The fraction of sp³-hybridized carbons (Fsp3) is 0.444. The molecular weight excluding hydrogens is 432 g/mol. The van der Waals surface area contributed by atoms with Crippen molar-refractivity contribution in [1.29, 1.82) is 0 Å². The van der Waals surface area contributed by atoms with Gasteiger partial charge in [0.25, 0.3) is 0 Å². The third-order valence-electron chi connectivity index (χ3n) is 6.89. The number of amides is 2. The second kappa shape index (κ2) is 9.87. The van der Waals surface area contributed by atoms with Crippen LogP contribution in [0.15, 0.2) is 48.5 Å². The van der Waals surface area contributed by atoms with E-state index in [1.807, 2.05) is 38.1 Å². The first kappa shape index (κ1) is 23.8. The zero-order chi connectivity index (χ0) is 24.3. The van der Waals surface area contributed by atoms with Crippen molar-refractivity contribution >= 4 is 18.0 Å². The zero-order valence-corrected chi connectivity index (χ0v) is 19.7. The fourth-order valence-electron chi connectivity index (χ4n) is 5.07. The Balaban J connectivity index is 1.27. The van der Waals surface area contributed by atoms with Crippen molar-refractivity contribution in [2.24, 2.45) is 5.92 Å². The number of nitrogens with one attached hydrogen (secondary N) is 2. The molecular formula is C27H32N2O5. The molecule has 0 bridgehead atoms. The lowest BCUT2D eigenvalue weighted by Gasteiger charge is -2.27. The molecule has 0 spiro atoms. The average Bonchev–Trinajstić information content (AvgIpc) is 3.39. The molecule has 2 aliphatic rings. The van der Waals surface area contributed by atoms with Crippen LogP contribution in [-0.4, -0.2) is 41.3 Å². The standard InChI is InChI=1S/C27H32N2O5/c1-27(2,14-13-24(30)31)29-25(32)17-11-12-18(15-17)28-26(33)34-16-23-21-9-5-3-7-19(21)20-8-4-6-10-22(20)23/h3-10,17-18,23H,11-16H2,1-2H3,(H,28,33)(H,29,32)(H,30,31)/t17-,18+/m1/s1. The lowest BCUT2D eigenvalue weighted by Crippen LogP contribution is -2.46. The molecule has 0 saturated heterocycles. The largest absolute Gasteiger partial charge is 0.481 e. The normalized spacial score (nSPS) is 19.2. The number of hydrogen-bond donors (Lipinski definition) is 3. The minimum absolute atomic E-state index is 0.00388. The molecule has 7 nitrogen and oxygen atoms in total. The van der Waals surface area contributed by atoms with Crippen molar-refractivity contribution in [2.75, 3.05) is 6.61 Å². The maximum atomic E-state index is 12.7. The van der Waals surface area contributed by atoms with Crippen LogP contribution in [0.2, 0.25) is 0 Å². The quantitative estimate of drug-likeness (QED) is 0.535. The second-order valence-corrected chi connectivity index (χ2v) is 9.94. The van der Waals surface area contributed by atoms with Crippen LogP contribution in [0, 0.1) is 5.92 Å². The SMILES string of the molecule is CC(C)(CCC(=O)O)NC(=O)[C@@H]1CC[C@H](NC(=O)OCC2c3ccccc3-c3ccccc32)C1. The van der Waals surface area contributed by atoms with E-state index in [9.17, 15) is 14.4 Å². The van der Waals surface area contributed by atoms with Crippen molar-refractivity contribution in [1.82, 2.24) is 10.6 Å². The van der Waals surface area contributed by atoms with Crippen molar-refractivity contribution in [3.8, 4) is 11.1 Å². The first-order valence-corrected chi connectivity index (χ1v) is 11.9. The zero-order valence-electron chi connectivity index (χ0n) is 19.7. The lowest BCUT2D eigenvalue weighted by molar-refractivity contribution is -0.138. The van der Waals surface area contributed by atoms with Crippen LogP contribution in [-0.2, 0) is 14.3 Å². The minimum atomic E-state index is -0.879.